The molecule has 7 heteroatoms. The molecule has 0 unspecified atom stereocenters. The van der Waals surface area contributed by atoms with Gasteiger partial charge in [0.05, 0.1) is 11.6 Å². The summed E-state index contributed by atoms with van der Waals surface area (Å²) < 4.78 is 13.9. The Morgan fingerprint density at radius 1 is 1.25 bits per heavy atom. The van der Waals surface area contributed by atoms with Gasteiger partial charge in [-0.2, -0.15) is 5.26 Å². The standard InChI is InChI=1S/C21H22FN5O/c1-25(2)21(28)27-12-16-11-26(20-15(10-23)6-4-8-24-20)13-18(16)19(27)14-5-3-7-17(22)9-14/h3-9,16,18-19H,11-13H2,1-2H3/t16-,18-,19+/m1/s1. The molecular formula is C21H22FN5O. The third-order valence-electron chi connectivity index (χ3n) is 5.69. The highest BCUT2D eigenvalue weighted by atomic mass is 19.1. The molecule has 3 heterocycles. The van der Waals surface area contributed by atoms with Crippen LogP contribution in [0.2, 0.25) is 0 Å². The van der Waals surface area contributed by atoms with Gasteiger partial charge in [-0.3, -0.25) is 0 Å². The highest BCUT2D eigenvalue weighted by molar-refractivity contribution is 5.75. The molecule has 0 saturated carbocycles. The van der Waals surface area contributed by atoms with Crippen molar-refractivity contribution in [2.45, 2.75) is 6.04 Å². The quantitative estimate of drug-likeness (QED) is 0.805. The van der Waals surface area contributed by atoms with Gasteiger partial charge in [-0.25, -0.2) is 14.2 Å². The Bertz CT molecular complexity index is 940. The van der Waals surface area contributed by atoms with Crippen molar-refractivity contribution >= 4 is 11.8 Å². The van der Waals surface area contributed by atoms with E-state index in [0.29, 0.717) is 24.5 Å². The van der Waals surface area contributed by atoms with Crippen LogP contribution in [0.4, 0.5) is 15.0 Å². The molecule has 144 valence electrons. The first-order chi connectivity index (χ1) is 13.5. The van der Waals surface area contributed by atoms with Gasteiger partial charge in [0.15, 0.2) is 0 Å². The van der Waals surface area contributed by atoms with Crippen molar-refractivity contribution < 1.29 is 9.18 Å². The van der Waals surface area contributed by atoms with Gasteiger partial charge in [-0.1, -0.05) is 12.1 Å². The molecule has 1 aromatic heterocycles. The number of carbonyl (C=O) groups is 1. The van der Waals surface area contributed by atoms with Gasteiger partial charge in [-0.15, -0.1) is 0 Å². The number of amides is 2. The van der Waals surface area contributed by atoms with Gasteiger partial charge >= 0.3 is 6.03 Å². The van der Waals surface area contributed by atoms with Crippen molar-refractivity contribution in [2.24, 2.45) is 11.8 Å². The summed E-state index contributed by atoms with van der Waals surface area (Å²) in [6.07, 6.45) is 1.69. The van der Waals surface area contributed by atoms with Crippen molar-refractivity contribution in [3.63, 3.8) is 0 Å². The van der Waals surface area contributed by atoms with Gasteiger partial charge in [0.2, 0.25) is 0 Å². The second-order valence-electron chi connectivity index (χ2n) is 7.64. The molecule has 2 saturated heterocycles. The van der Waals surface area contributed by atoms with E-state index in [9.17, 15) is 14.4 Å². The van der Waals surface area contributed by atoms with Crippen molar-refractivity contribution in [3.05, 3.63) is 59.5 Å². The lowest BCUT2D eigenvalue weighted by molar-refractivity contribution is 0.159. The van der Waals surface area contributed by atoms with Crippen LogP contribution in [0.25, 0.3) is 0 Å². The van der Waals surface area contributed by atoms with Crippen LogP contribution in [0.5, 0.6) is 0 Å². The third kappa shape index (κ3) is 3.05. The minimum atomic E-state index is -0.301. The Morgan fingerprint density at radius 3 is 2.79 bits per heavy atom. The lowest BCUT2D eigenvalue weighted by atomic mass is 9.89. The van der Waals surface area contributed by atoms with Crippen molar-refractivity contribution in [1.29, 1.82) is 5.26 Å². The maximum absolute atomic E-state index is 13.9. The molecule has 2 fully saturated rings. The number of anilines is 1. The monoisotopic (exact) mass is 379 g/mol. The van der Waals surface area contributed by atoms with E-state index in [1.807, 2.05) is 11.0 Å². The molecule has 3 atom stereocenters. The highest BCUT2D eigenvalue weighted by Crippen LogP contribution is 2.46. The Balaban J connectivity index is 1.68. The molecule has 0 aliphatic carbocycles. The number of pyridine rings is 1. The molecule has 28 heavy (non-hydrogen) atoms. The predicted molar refractivity (Wildman–Crippen MR) is 103 cm³/mol. The zero-order valence-electron chi connectivity index (χ0n) is 15.9. The second kappa shape index (κ2) is 7.12. The van der Waals surface area contributed by atoms with Gasteiger partial charge in [0.25, 0.3) is 0 Å². The van der Waals surface area contributed by atoms with Crippen molar-refractivity contribution in [1.82, 2.24) is 14.8 Å². The molecule has 0 N–H and O–H groups in total. The number of nitrogens with zero attached hydrogens (tertiary/aromatic N) is 5. The van der Waals surface area contributed by atoms with E-state index in [-0.39, 0.29) is 29.7 Å². The van der Waals surface area contributed by atoms with Gasteiger partial charge in [0.1, 0.15) is 17.7 Å². The first-order valence-electron chi connectivity index (χ1n) is 9.33. The van der Waals surface area contributed by atoms with E-state index in [1.54, 1.807) is 43.4 Å². The number of carbonyl (C=O) groups excluding carboxylic acids is 1. The summed E-state index contributed by atoms with van der Waals surface area (Å²) in [4.78, 5) is 22.7. The zero-order valence-corrected chi connectivity index (χ0v) is 15.9. The number of fused-ring (bicyclic) bond motifs is 1. The molecule has 4 rings (SSSR count). The molecule has 1 aromatic carbocycles. The van der Waals surface area contributed by atoms with E-state index in [0.717, 1.165) is 12.1 Å². The van der Waals surface area contributed by atoms with Gasteiger partial charge < -0.3 is 14.7 Å². The third-order valence-corrected chi connectivity index (χ3v) is 5.69. The average Bonchev–Trinajstić information content (AvgIpc) is 3.25. The number of aromatic nitrogens is 1. The van der Waals surface area contributed by atoms with E-state index in [4.69, 9.17) is 0 Å². The summed E-state index contributed by atoms with van der Waals surface area (Å²) in [5.41, 5.74) is 1.36. The first-order valence-corrected chi connectivity index (χ1v) is 9.33. The van der Waals surface area contributed by atoms with Gasteiger partial charge in [0, 0.05) is 51.8 Å². The summed E-state index contributed by atoms with van der Waals surface area (Å²) in [6.45, 7) is 2.00. The summed E-state index contributed by atoms with van der Waals surface area (Å²) in [7, 11) is 3.47. The Hall–Kier alpha value is -3.14. The fourth-order valence-electron chi connectivity index (χ4n) is 4.53. The summed E-state index contributed by atoms with van der Waals surface area (Å²) >= 11 is 0. The number of nitriles is 1. The second-order valence-corrected chi connectivity index (χ2v) is 7.64. The summed E-state index contributed by atoms with van der Waals surface area (Å²) in [6, 6.07) is 12.0. The number of rotatable bonds is 2. The van der Waals surface area contributed by atoms with Gasteiger partial charge in [-0.05, 0) is 29.8 Å². The molecule has 2 amide bonds. The Kier molecular flexibility index (Phi) is 4.63. The highest BCUT2D eigenvalue weighted by Gasteiger charge is 2.50. The number of likely N-dealkylation sites (tertiary alicyclic amines) is 1. The molecule has 0 bridgehead atoms. The van der Waals surface area contributed by atoms with Crippen LogP contribution in [0.1, 0.15) is 17.2 Å². The zero-order chi connectivity index (χ0) is 19.8. The topological polar surface area (TPSA) is 63.5 Å². The van der Waals surface area contributed by atoms with Crippen LogP contribution in [-0.4, -0.2) is 54.5 Å². The number of urea groups is 1. The average molecular weight is 379 g/mol. The lowest BCUT2D eigenvalue weighted by Crippen LogP contribution is -2.41. The van der Waals surface area contributed by atoms with Crippen LogP contribution >= 0.6 is 0 Å². The van der Waals surface area contributed by atoms with Crippen molar-refractivity contribution in [2.75, 3.05) is 38.6 Å². The maximum atomic E-state index is 13.9. The fourth-order valence-corrected chi connectivity index (χ4v) is 4.53. The van der Waals surface area contributed by atoms with Crippen LogP contribution < -0.4 is 4.90 Å². The molecule has 2 aliphatic heterocycles. The van der Waals surface area contributed by atoms with Crippen LogP contribution in [-0.2, 0) is 0 Å². The van der Waals surface area contributed by atoms with E-state index in [2.05, 4.69) is 16.0 Å². The van der Waals surface area contributed by atoms with Crippen LogP contribution in [0.15, 0.2) is 42.6 Å². The largest absolute Gasteiger partial charge is 0.355 e. The summed E-state index contributed by atoms with van der Waals surface area (Å²) in [5.74, 6) is 0.775. The number of hydrogen-bond donors (Lipinski definition) is 0. The Labute approximate surface area is 163 Å². The number of benzene rings is 1. The summed E-state index contributed by atoms with van der Waals surface area (Å²) in [5, 5.41) is 9.40. The molecule has 2 aromatic rings. The molecular weight excluding hydrogens is 357 g/mol. The predicted octanol–water partition coefficient (Wildman–Crippen LogP) is 2.88. The SMILES string of the molecule is CN(C)C(=O)N1C[C@H]2CN(c3ncccc3C#N)C[C@H]2[C@@H]1c1cccc(F)c1. The maximum Gasteiger partial charge on any atom is 0.320 e. The first kappa shape index (κ1) is 18.2. The minimum absolute atomic E-state index is 0.0641. The Morgan fingerprint density at radius 2 is 2.07 bits per heavy atom. The normalized spacial score (nSPS) is 23.4. The van der Waals surface area contributed by atoms with Crippen molar-refractivity contribution in [3.8, 4) is 6.07 Å². The van der Waals surface area contributed by atoms with E-state index in [1.165, 1.54) is 12.1 Å². The molecule has 6 nitrogen and oxygen atoms in total. The smallest absolute Gasteiger partial charge is 0.320 e. The number of halogens is 1. The molecule has 0 radical (unpaired) electrons. The molecule has 0 spiro atoms. The van der Waals surface area contributed by atoms with Crippen LogP contribution in [0.3, 0.4) is 0 Å². The van der Waals surface area contributed by atoms with E-state index < -0.39 is 0 Å². The minimum Gasteiger partial charge on any atom is -0.355 e. The van der Waals surface area contributed by atoms with Crippen LogP contribution in [0, 0.1) is 29.0 Å². The lowest BCUT2D eigenvalue weighted by Gasteiger charge is -2.32. The van der Waals surface area contributed by atoms with E-state index >= 15 is 0 Å². The molecule has 2 aliphatic rings. The fraction of sp³-hybridized carbons (Fsp3) is 0.381. The number of hydrogen-bond acceptors (Lipinski definition) is 4.